The van der Waals surface area contributed by atoms with Crippen LogP contribution < -0.4 is 4.74 Å². The van der Waals surface area contributed by atoms with E-state index in [4.69, 9.17) is 4.74 Å². The summed E-state index contributed by atoms with van der Waals surface area (Å²) in [5.41, 5.74) is 2.91. The number of nitrogens with zero attached hydrogens (tertiary/aromatic N) is 4. The molecule has 35 heavy (non-hydrogen) atoms. The number of pyridine rings is 2. The second-order valence-electron chi connectivity index (χ2n) is 9.19. The fourth-order valence-corrected chi connectivity index (χ4v) is 6.16. The molecule has 0 bridgehead atoms. The number of rotatable bonds is 7. The molecule has 8 nitrogen and oxygen atoms in total. The molecule has 0 radical (unpaired) electrons. The number of aliphatic hydroxyl groups excluding tert-OH is 1. The summed E-state index contributed by atoms with van der Waals surface area (Å²) in [5, 5.41) is 9.83. The highest BCUT2D eigenvalue weighted by atomic mass is 32.2. The van der Waals surface area contributed by atoms with Gasteiger partial charge in [-0.15, -0.1) is 0 Å². The predicted molar refractivity (Wildman–Crippen MR) is 134 cm³/mol. The SMILES string of the molecule is C[C@H](CO)N1C[C@H](C)[C@H](CN(C)Cc2ccncc2)Oc2cc(-c3ccncc3)ccc2S1(=O)=O. The summed E-state index contributed by atoms with van der Waals surface area (Å²) in [6.07, 6.45) is 6.68. The minimum atomic E-state index is -3.87. The molecule has 0 fully saturated rings. The zero-order valence-electron chi connectivity index (χ0n) is 20.3. The summed E-state index contributed by atoms with van der Waals surface area (Å²) >= 11 is 0. The number of fused-ring (bicyclic) bond motifs is 1. The molecular weight excluding hydrogens is 464 g/mol. The molecule has 0 unspecified atom stereocenters. The lowest BCUT2D eigenvalue weighted by molar-refractivity contribution is 0.0734. The maximum atomic E-state index is 13.6. The van der Waals surface area contributed by atoms with E-state index in [9.17, 15) is 13.5 Å². The van der Waals surface area contributed by atoms with Crippen LogP contribution in [0.25, 0.3) is 11.1 Å². The molecule has 0 saturated heterocycles. The summed E-state index contributed by atoms with van der Waals surface area (Å²) in [5.74, 6) is 0.208. The Morgan fingerprint density at radius 1 is 1.09 bits per heavy atom. The first-order chi connectivity index (χ1) is 16.8. The molecule has 186 valence electrons. The lowest BCUT2D eigenvalue weighted by Crippen LogP contribution is -2.49. The van der Waals surface area contributed by atoms with E-state index in [1.807, 2.05) is 38.2 Å². The van der Waals surface area contributed by atoms with Crippen LogP contribution in [0.15, 0.2) is 72.1 Å². The number of sulfonamides is 1. The van der Waals surface area contributed by atoms with Crippen molar-refractivity contribution in [2.45, 2.75) is 37.4 Å². The molecule has 1 aliphatic heterocycles. The van der Waals surface area contributed by atoms with Crippen LogP contribution >= 0.6 is 0 Å². The van der Waals surface area contributed by atoms with Gasteiger partial charge >= 0.3 is 0 Å². The first-order valence-electron chi connectivity index (χ1n) is 11.7. The highest BCUT2D eigenvalue weighted by Crippen LogP contribution is 2.36. The minimum Gasteiger partial charge on any atom is -0.487 e. The number of hydrogen-bond acceptors (Lipinski definition) is 7. The molecule has 2 aromatic heterocycles. The zero-order valence-corrected chi connectivity index (χ0v) is 21.1. The van der Waals surface area contributed by atoms with Crippen molar-refractivity contribution in [1.82, 2.24) is 19.2 Å². The van der Waals surface area contributed by atoms with Crippen molar-refractivity contribution in [3.8, 4) is 16.9 Å². The van der Waals surface area contributed by atoms with Gasteiger partial charge in [-0.2, -0.15) is 4.31 Å². The van der Waals surface area contributed by atoms with E-state index in [1.165, 1.54) is 4.31 Å². The molecule has 3 atom stereocenters. The van der Waals surface area contributed by atoms with Crippen LogP contribution in [0.4, 0.5) is 0 Å². The molecule has 0 saturated carbocycles. The Bertz CT molecular complexity index is 1220. The van der Waals surface area contributed by atoms with Gasteiger partial charge in [0.1, 0.15) is 16.7 Å². The maximum Gasteiger partial charge on any atom is 0.247 e. The van der Waals surface area contributed by atoms with Gasteiger partial charge in [0, 0.05) is 56.4 Å². The highest BCUT2D eigenvalue weighted by molar-refractivity contribution is 7.89. The van der Waals surface area contributed by atoms with Gasteiger partial charge in [-0.1, -0.05) is 13.0 Å². The minimum absolute atomic E-state index is 0.114. The number of ether oxygens (including phenoxy) is 1. The van der Waals surface area contributed by atoms with Crippen LogP contribution in [0.1, 0.15) is 19.4 Å². The molecule has 3 heterocycles. The molecular formula is C26H32N4O4S. The van der Waals surface area contributed by atoms with Crippen LogP contribution in [-0.2, 0) is 16.6 Å². The predicted octanol–water partition coefficient (Wildman–Crippen LogP) is 3.04. The smallest absolute Gasteiger partial charge is 0.247 e. The first-order valence-corrected chi connectivity index (χ1v) is 13.1. The normalized spacial score (nSPS) is 20.9. The Morgan fingerprint density at radius 3 is 2.40 bits per heavy atom. The molecule has 1 N–H and O–H groups in total. The monoisotopic (exact) mass is 496 g/mol. The van der Waals surface area contributed by atoms with E-state index in [0.29, 0.717) is 18.8 Å². The lowest BCUT2D eigenvalue weighted by Gasteiger charge is -2.37. The number of hydrogen-bond donors (Lipinski definition) is 1. The van der Waals surface area contributed by atoms with Crippen LogP contribution in [0, 0.1) is 5.92 Å². The number of aliphatic hydroxyl groups is 1. The third kappa shape index (κ3) is 5.70. The second kappa shape index (κ2) is 10.8. The van der Waals surface area contributed by atoms with Gasteiger partial charge in [0.05, 0.1) is 6.61 Å². The fraction of sp³-hybridized carbons (Fsp3) is 0.385. The fourth-order valence-electron chi connectivity index (χ4n) is 4.34. The highest BCUT2D eigenvalue weighted by Gasteiger charge is 2.38. The summed E-state index contributed by atoms with van der Waals surface area (Å²) in [6.45, 7) is 5.03. The quantitative estimate of drug-likeness (QED) is 0.537. The van der Waals surface area contributed by atoms with Gasteiger partial charge < -0.3 is 9.84 Å². The van der Waals surface area contributed by atoms with Crippen LogP contribution in [0.5, 0.6) is 5.75 Å². The van der Waals surface area contributed by atoms with Gasteiger partial charge in [-0.05, 0) is 67.1 Å². The largest absolute Gasteiger partial charge is 0.487 e. The summed E-state index contributed by atoms with van der Waals surface area (Å²) in [7, 11) is -1.85. The average molecular weight is 497 g/mol. The van der Waals surface area contributed by atoms with Crippen molar-refractivity contribution in [2.75, 3.05) is 26.7 Å². The van der Waals surface area contributed by atoms with Crippen molar-refractivity contribution in [1.29, 1.82) is 0 Å². The summed E-state index contributed by atoms with van der Waals surface area (Å²) in [4.78, 5) is 10.4. The van der Waals surface area contributed by atoms with Crippen molar-refractivity contribution < 1.29 is 18.3 Å². The van der Waals surface area contributed by atoms with E-state index < -0.39 is 16.1 Å². The van der Waals surface area contributed by atoms with Crippen molar-refractivity contribution in [2.24, 2.45) is 5.92 Å². The molecule has 3 aromatic rings. The van der Waals surface area contributed by atoms with Crippen LogP contribution in [0.2, 0.25) is 0 Å². The second-order valence-corrected chi connectivity index (χ2v) is 11.0. The third-order valence-electron chi connectivity index (χ3n) is 6.37. The lowest BCUT2D eigenvalue weighted by atomic mass is 10.0. The van der Waals surface area contributed by atoms with E-state index in [2.05, 4.69) is 14.9 Å². The van der Waals surface area contributed by atoms with Crippen LogP contribution in [-0.4, -0.2) is 71.6 Å². The Balaban J connectivity index is 1.72. The van der Waals surface area contributed by atoms with E-state index in [1.54, 1.807) is 49.9 Å². The Kier molecular flexibility index (Phi) is 7.81. The van der Waals surface area contributed by atoms with E-state index in [0.717, 1.165) is 16.7 Å². The number of benzene rings is 1. The Labute approximate surface area is 207 Å². The zero-order chi connectivity index (χ0) is 25.0. The molecule has 9 heteroatoms. The van der Waals surface area contributed by atoms with Crippen molar-refractivity contribution in [3.05, 3.63) is 72.8 Å². The van der Waals surface area contributed by atoms with Gasteiger partial charge in [-0.25, -0.2) is 8.42 Å². The number of aromatic nitrogens is 2. The van der Waals surface area contributed by atoms with Crippen LogP contribution in [0.3, 0.4) is 0 Å². The standard InChI is InChI=1S/C26H32N4O4S/c1-19-15-30(20(2)18-31)35(32,33)26-5-4-23(22-8-12-28-13-9-22)14-24(26)34-25(19)17-29(3)16-21-6-10-27-11-7-21/h4-14,19-20,25,31H,15-18H2,1-3H3/t19-,20+,25-/m0/s1. The number of likely N-dealkylation sites (N-methyl/N-ethyl adjacent to an activating group) is 1. The molecule has 4 rings (SSSR count). The average Bonchev–Trinajstić information content (AvgIpc) is 2.86. The maximum absolute atomic E-state index is 13.6. The summed E-state index contributed by atoms with van der Waals surface area (Å²) < 4.78 is 35.2. The topological polar surface area (TPSA) is 95.9 Å². The molecule has 0 spiro atoms. The first kappa shape index (κ1) is 25.2. The van der Waals surface area contributed by atoms with Crippen molar-refractivity contribution in [3.63, 3.8) is 0 Å². The Morgan fingerprint density at radius 2 is 1.74 bits per heavy atom. The molecule has 1 aromatic carbocycles. The molecule has 1 aliphatic rings. The van der Waals surface area contributed by atoms with Crippen molar-refractivity contribution >= 4 is 10.0 Å². The Hall–Kier alpha value is -2.85. The van der Waals surface area contributed by atoms with Gasteiger partial charge in [0.15, 0.2) is 0 Å². The summed E-state index contributed by atoms with van der Waals surface area (Å²) in [6, 6.07) is 12.3. The van der Waals surface area contributed by atoms with Gasteiger partial charge in [0.25, 0.3) is 0 Å². The van der Waals surface area contributed by atoms with Gasteiger partial charge in [0.2, 0.25) is 10.0 Å². The van der Waals surface area contributed by atoms with Gasteiger partial charge in [-0.3, -0.25) is 14.9 Å². The molecule has 0 amide bonds. The van der Waals surface area contributed by atoms with E-state index in [-0.39, 0.29) is 30.1 Å². The third-order valence-corrected chi connectivity index (χ3v) is 8.39. The van der Waals surface area contributed by atoms with E-state index >= 15 is 0 Å². The molecule has 0 aliphatic carbocycles.